The second-order valence-corrected chi connectivity index (χ2v) is 5.58. The molecule has 1 aliphatic rings. The molecule has 106 valence electrons. The van der Waals surface area contributed by atoms with Gasteiger partial charge in [-0.15, -0.1) is 11.6 Å². The van der Waals surface area contributed by atoms with Crippen molar-refractivity contribution in [3.63, 3.8) is 0 Å². The molecule has 0 amide bonds. The smallest absolute Gasteiger partial charge is 0.218 e. The van der Waals surface area contributed by atoms with E-state index < -0.39 is 0 Å². The van der Waals surface area contributed by atoms with E-state index >= 15 is 0 Å². The van der Waals surface area contributed by atoms with Crippen LogP contribution < -0.4 is 9.64 Å². The van der Waals surface area contributed by atoms with E-state index in [0.29, 0.717) is 18.5 Å². The van der Waals surface area contributed by atoms with Crippen LogP contribution in [0.15, 0.2) is 6.07 Å². The van der Waals surface area contributed by atoms with Crippen LogP contribution in [0, 0.1) is 6.92 Å². The first-order valence-electron chi connectivity index (χ1n) is 6.97. The van der Waals surface area contributed by atoms with E-state index in [9.17, 15) is 0 Å². The predicted octanol–water partition coefficient (Wildman–Crippen LogP) is 3.17. The second kappa shape index (κ2) is 6.42. The Balaban J connectivity index is 2.19. The molecule has 1 heterocycles. The first kappa shape index (κ1) is 14.4. The second-order valence-electron chi connectivity index (χ2n) is 5.02. The van der Waals surface area contributed by atoms with Gasteiger partial charge in [0.2, 0.25) is 5.88 Å². The summed E-state index contributed by atoms with van der Waals surface area (Å²) in [6, 6.07) is 2.24. The van der Waals surface area contributed by atoms with Gasteiger partial charge < -0.3 is 9.64 Å². The largest absolute Gasteiger partial charge is 0.478 e. The molecule has 0 spiro atoms. The first-order chi connectivity index (χ1) is 9.11. The summed E-state index contributed by atoms with van der Waals surface area (Å²) in [5.41, 5.74) is 0. The molecule has 2 atom stereocenters. The van der Waals surface area contributed by atoms with Crippen LogP contribution in [-0.4, -0.2) is 35.0 Å². The molecule has 0 radical (unpaired) electrons. The highest BCUT2D eigenvalue weighted by atomic mass is 35.5. The van der Waals surface area contributed by atoms with Gasteiger partial charge in [0.15, 0.2) is 0 Å². The van der Waals surface area contributed by atoms with Crippen molar-refractivity contribution < 1.29 is 4.74 Å². The van der Waals surface area contributed by atoms with Crippen LogP contribution in [-0.2, 0) is 0 Å². The number of anilines is 1. The minimum Gasteiger partial charge on any atom is -0.478 e. The molecule has 1 saturated carbocycles. The Kier molecular flexibility index (Phi) is 4.86. The highest BCUT2D eigenvalue weighted by molar-refractivity contribution is 6.21. The molecule has 1 aliphatic carbocycles. The minimum absolute atomic E-state index is 0.199. The Hall–Kier alpha value is -1.03. The Morgan fingerprint density at radius 1 is 1.37 bits per heavy atom. The number of aryl methyl sites for hydroxylation is 1. The lowest BCUT2D eigenvalue weighted by Crippen LogP contribution is -2.41. The zero-order valence-electron chi connectivity index (χ0n) is 11.9. The summed E-state index contributed by atoms with van der Waals surface area (Å²) in [7, 11) is 2.06. The summed E-state index contributed by atoms with van der Waals surface area (Å²) in [5, 5.41) is 0.199. The SMILES string of the molecule is CCOc1cc(N(C)C2CCCCC2Cl)nc(C)n1. The normalized spacial score (nSPS) is 23.2. The number of ether oxygens (including phenoxy) is 1. The Bertz CT molecular complexity index is 427. The summed E-state index contributed by atoms with van der Waals surface area (Å²) < 4.78 is 5.48. The van der Waals surface area contributed by atoms with Gasteiger partial charge in [-0.3, -0.25) is 0 Å². The van der Waals surface area contributed by atoms with Gasteiger partial charge in [0.05, 0.1) is 12.0 Å². The van der Waals surface area contributed by atoms with Gasteiger partial charge in [0, 0.05) is 19.2 Å². The molecule has 5 heteroatoms. The lowest BCUT2D eigenvalue weighted by Gasteiger charge is -2.35. The van der Waals surface area contributed by atoms with Gasteiger partial charge in [-0.25, -0.2) is 4.98 Å². The number of hydrogen-bond donors (Lipinski definition) is 0. The summed E-state index contributed by atoms with van der Waals surface area (Å²) in [6.45, 7) is 4.46. The van der Waals surface area contributed by atoms with Gasteiger partial charge in [-0.2, -0.15) is 4.98 Å². The van der Waals surface area contributed by atoms with E-state index in [1.165, 1.54) is 12.8 Å². The van der Waals surface area contributed by atoms with Crippen LogP contribution >= 0.6 is 11.6 Å². The maximum absolute atomic E-state index is 6.45. The molecule has 4 nitrogen and oxygen atoms in total. The van der Waals surface area contributed by atoms with Crippen LogP contribution in [0.3, 0.4) is 0 Å². The number of alkyl halides is 1. The molecule has 0 aromatic carbocycles. The molecule has 2 rings (SSSR count). The average molecular weight is 284 g/mol. The summed E-state index contributed by atoms with van der Waals surface area (Å²) in [4.78, 5) is 11.0. The van der Waals surface area contributed by atoms with E-state index in [4.69, 9.17) is 16.3 Å². The number of aromatic nitrogens is 2. The molecule has 0 aliphatic heterocycles. The molecule has 0 N–H and O–H groups in total. The number of rotatable bonds is 4. The van der Waals surface area contributed by atoms with Gasteiger partial charge in [0.1, 0.15) is 11.6 Å². The maximum atomic E-state index is 6.45. The molecule has 2 unspecified atom stereocenters. The van der Waals surface area contributed by atoms with Crippen molar-refractivity contribution in [2.45, 2.75) is 50.9 Å². The molecular formula is C14H22ClN3O. The third-order valence-corrected chi connectivity index (χ3v) is 4.11. The zero-order valence-corrected chi connectivity index (χ0v) is 12.7. The van der Waals surface area contributed by atoms with E-state index in [1.54, 1.807) is 0 Å². The fourth-order valence-corrected chi connectivity index (χ4v) is 3.05. The van der Waals surface area contributed by atoms with Gasteiger partial charge in [-0.05, 0) is 26.7 Å². The zero-order chi connectivity index (χ0) is 13.8. The van der Waals surface area contributed by atoms with Crippen molar-refractivity contribution in [2.24, 2.45) is 0 Å². The van der Waals surface area contributed by atoms with Crippen molar-refractivity contribution in [2.75, 3.05) is 18.6 Å². The quantitative estimate of drug-likeness (QED) is 0.796. The Morgan fingerprint density at radius 3 is 2.79 bits per heavy atom. The van der Waals surface area contributed by atoms with Crippen molar-refractivity contribution in [1.29, 1.82) is 0 Å². The van der Waals surface area contributed by atoms with E-state index in [1.807, 2.05) is 19.9 Å². The van der Waals surface area contributed by atoms with Gasteiger partial charge in [-0.1, -0.05) is 12.8 Å². The van der Waals surface area contributed by atoms with Crippen LogP contribution in [0.1, 0.15) is 38.4 Å². The van der Waals surface area contributed by atoms with Crippen molar-refractivity contribution in [3.05, 3.63) is 11.9 Å². The van der Waals surface area contributed by atoms with E-state index in [-0.39, 0.29) is 5.38 Å². The summed E-state index contributed by atoms with van der Waals surface area (Å²) in [6.07, 6.45) is 4.67. The number of halogens is 1. The molecule has 19 heavy (non-hydrogen) atoms. The monoisotopic (exact) mass is 283 g/mol. The topological polar surface area (TPSA) is 38.2 Å². The Labute approximate surface area is 120 Å². The van der Waals surface area contributed by atoms with Crippen molar-refractivity contribution in [1.82, 2.24) is 9.97 Å². The maximum Gasteiger partial charge on any atom is 0.218 e. The number of nitrogens with zero attached hydrogens (tertiary/aromatic N) is 3. The minimum atomic E-state index is 0.199. The first-order valence-corrected chi connectivity index (χ1v) is 7.41. The van der Waals surface area contributed by atoms with E-state index in [0.717, 1.165) is 24.5 Å². The lowest BCUT2D eigenvalue weighted by atomic mass is 9.94. The van der Waals surface area contributed by atoms with Crippen LogP contribution in [0.2, 0.25) is 0 Å². The fourth-order valence-electron chi connectivity index (χ4n) is 2.60. The molecule has 0 bridgehead atoms. The molecule has 1 aromatic rings. The van der Waals surface area contributed by atoms with Crippen molar-refractivity contribution in [3.8, 4) is 5.88 Å². The lowest BCUT2D eigenvalue weighted by molar-refractivity contribution is 0.325. The van der Waals surface area contributed by atoms with Crippen molar-refractivity contribution >= 4 is 17.4 Å². The highest BCUT2D eigenvalue weighted by Gasteiger charge is 2.27. The summed E-state index contributed by atoms with van der Waals surface area (Å²) >= 11 is 6.45. The fraction of sp³-hybridized carbons (Fsp3) is 0.714. The third kappa shape index (κ3) is 3.50. The van der Waals surface area contributed by atoms with E-state index in [2.05, 4.69) is 21.9 Å². The third-order valence-electron chi connectivity index (χ3n) is 3.60. The molecule has 1 fully saturated rings. The molecular weight excluding hydrogens is 262 g/mol. The highest BCUT2D eigenvalue weighted by Crippen LogP contribution is 2.29. The van der Waals surface area contributed by atoms with Crippen LogP contribution in [0.25, 0.3) is 0 Å². The molecule has 1 aromatic heterocycles. The van der Waals surface area contributed by atoms with Gasteiger partial charge >= 0.3 is 0 Å². The van der Waals surface area contributed by atoms with Gasteiger partial charge in [0.25, 0.3) is 0 Å². The molecule has 0 saturated heterocycles. The number of hydrogen-bond acceptors (Lipinski definition) is 4. The summed E-state index contributed by atoms with van der Waals surface area (Å²) in [5.74, 6) is 2.27. The van der Waals surface area contributed by atoms with Crippen LogP contribution in [0.4, 0.5) is 5.82 Å². The Morgan fingerprint density at radius 2 is 2.11 bits per heavy atom. The average Bonchev–Trinajstić information content (AvgIpc) is 2.38. The standard InChI is InChI=1S/C14H22ClN3O/c1-4-19-14-9-13(16-10(2)17-14)18(3)12-8-6-5-7-11(12)15/h9,11-12H,4-8H2,1-3H3. The predicted molar refractivity (Wildman–Crippen MR) is 78.2 cm³/mol. The van der Waals surface area contributed by atoms with Crippen LogP contribution in [0.5, 0.6) is 5.88 Å².